The van der Waals surface area contributed by atoms with Gasteiger partial charge >= 0.3 is 0 Å². The molecule has 82 valence electrons. The smallest absolute Gasteiger partial charge is 0.0338 e. The van der Waals surface area contributed by atoms with Crippen LogP contribution in [0.2, 0.25) is 0 Å². The van der Waals surface area contributed by atoms with Gasteiger partial charge in [-0.05, 0) is 35.7 Å². The summed E-state index contributed by atoms with van der Waals surface area (Å²) in [7, 11) is 0. The molecular weight excluding hydrogens is 198 g/mol. The fourth-order valence-electron chi connectivity index (χ4n) is 1.45. The fourth-order valence-corrected chi connectivity index (χ4v) is 1.45. The number of nitrogens with zero attached hydrogens (tertiary/aromatic N) is 1. The maximum atomic E-state index is 7.24. The molecule has 3 N–H and O–H groups in total. The number of hydrogen-bond acceptors (Lipinski definition) is 3. The third-order valence-corrected chi connectivity index (χ3v) is 2.30. The van der Waals surface area contributed by atoms with Crippen LogP contribution in [0.15, 0.2) is 29.4 Å². The summed E-state index contributed by atoms with van der Waals surface area (Å²) in [4.78, 5) is 3.75. The molecule has 16 heavy (non-hydrogen) atoms. The first-order valence-corrected chi connectivity index (χ1v) is 4.92. The van der Waals surface area contributed by atoms with Gasteiger partial charge in [-0.2, -0.15) is 0 Å². The lowest BCUT2D eigenvalue weighted by molar-refractivity contribution is 1.45. The summed E-state index contributed by atoms with van der Waals surface area (Å²) >= 11 is 0. The molecule has 0 unspecified atom stereocenters. The maximum absolute atomic E-state index is 7.24. The first-order valence-electron chi connectivity index (χ1n) is 4.92. The molecule has 3 nitrogen and oxygen atoms in total. The summed E-state index contributed by atoms with van der Waals surface area (Å²) in [5.74, 6) is 0. The first kappa shape index (κ1) is 11.9. The molecule has 1 rings (SSSR count). The Hall–Kier alpha value is -2.16. The molecule has 1 aromatic rings. The molecular formula is C13H15N3. The first-order chi connectivity index (χ1) is 7.76. The number of hydrogen-bond donors (Lipinski definition) is 2. The standard InChI is InChI=1S/C13H15N3/c1-3-10-6-11(13(7-14)8-15)4-5-12(10)9-16-2/h3-9,14H,2,15H2,1H3/b10-3-,12-9-,13-8+,14-7?. The Morgan fingerprint density at radius 1 is 1.44 bits per heavy atom. The van der Waals surface area contributed by atoms with Crippen molar-refractivity contribution in [2.24, 2.45) is 10.7 Å². The Labute approximate surface area is 94.8 Å². The molecule has 0 aliphatic rings. The molecule has 0 spiro atoms. The number of nitrogens with two attached hydrogens (primary N) is 1. The Morgan fingerprint density at radius 2 is 2.19 bits per heavy atom. The molecule has 0 saturated heterocycles. The van der Waals surface area contributed by atoms with E-state index in [4.69, 9.17) is 11.1 Å². The van der Waals surface area contributed by atoms with Crippen LogP contribution in [0.1, 0.15) is 12.5 Å². The third-order valence-electron chi connectivity index (χ3n) is 2.30. The van der Waals surface area contributed by atoms with Gasteiger partial charge in [-0.25, -0.2) is 0 Å². The summed E-state index contributed by atoms with van der Waals surface area (Å²) in [5.41, 5.74) is 7.06. The molecule has 0 atom stereocenters. The topological polar surface area (TPSA) is 62.2 Å². The molecule has 0 fully saturated rings. The normalized spacial score (nSPS) is 13.9. The molecule has 1 aromatic carbocycles. The van der Waals surface area contributed by atoms with Crippen molar-refractivity contribution in [2.75, 3.05) is 0 Å². The van der Waals surface area contributed by atoms with Gasteiger partial charge in [0, 0.05) is 24.2 Å². The molecule has 3 heteroatoms. The van der Waals surface area contributed by atoms with Crippen molar-refractivity contribution in [1.29, 1.82) is 5.41 Å². The average Bonchev–Trinajstić information content (AvgIpc) is 2.32. The van der Waals surface area contributed by atoms with Crippen molar-refractivity contribution >= 4 is 30.8 Å². The molecule has 0 aliphatic carbocycles. The van der Waals surface area contributed by atoms with E-state index in [9.17, 15) is 0 Å². The molecule has 0 radical (unpaired) electrons. The summed E-state index contributed by atoms with van der Waals surface area (Å²) in [6, 6.07) is 5.82. The van der Waals surface area contributed by atoms with Gasteiger partial charge < -0.3 is 11.1 Å². The quantitative estimate of drug-likeness (QED) is 0.719. The lowest BCUT2D eigenvalue weighted by Gasteiger charge is -2.00. The highest BCUT2D eigenvalue weighted by molar-refractivity contribution is 6.08. The van der Waals surface area contributed by atoms with Crippen molar-refractivity contribution in [3.63, 3.8) is 0 Å². The van der Waals surface area contributed by atoms with Gasteiger partial charge in [0.2, 0.25) is 0 Å². The molecule has 0 amide bonds. The van der Waals surface area contributed by atoms with Crippen LogP contribution in [0.4, 0.5) is 0 Å². The monoisotopic (exact) mass is 213 g/mol. The van der Waals surface area contributed by atoms with Gasteiger partial charge in [0.1, 0.15) is 0 Å². The van der Waals surface area contributed by atoms with E-state index in [1.54, 1.807) is 6.20 Å². The predicted octanol–water partition coefficient (Wildman–Crippen LogP) is 0.875. The Balaban J connectivity index is 3.48. The molecule has 0 aromatic heterocycles. The van der Waals surface area contributed by atoms with E-state index in [0.717, 1.165) is 16.0 Å². The number of rotatable bonds is 3. The van der Waals surface area contributed by atoms with Crippen LogP contribution in [-0.2, 0) is 0 Å². The minimum absolute atomic E-state index is 0.696. The van der Waals surface area contributed by atoms with Crippen LogP contribution in [-0.4, -0.2) is 12.9 Å². The van der Waals surface area contributed by atoms with Crippen LogP contribution in [0.25, 0.3) is 17.8 Å². The second-order valence-corrected chi connectivity index (χ2v) is 3.21. The zero-order valence-corrected chi connectivity index (χ0v) is 9.27. The van der Waals surface area contributed by atoms with Crippen molar-refractivity contribution in [3.8, 4) is 0 Å². The Kier molecular flexibility index (Phi) is 4.21. The third kappa shape index (κ3) is 2.45. The molecule has 0 saturated carbocycles. The van der Waals surface area contributed by atoms with Gasteiger partial charge in [-0.3, -0.25) is 4.99 Å². The van der Waals surface area contributed by atoms with Crippen molar-refractivity contribution in [3.05, 3.63) is 40.4 Å². The summed E-state index contributed by atoms with van der Waals surface area (Å²) in [6.45, 7) is 5.39. The van der Waals surface area contributed by atoms with E-state index in [-0.39, 0.29) is 0 Å². The zero-order valence-electron chi connectivity index (χ0n) is 9.27. The van der Waals surface area contributed by atoms with Crippen molar-refractivity contribution in [2.45, 2.75) is 6.92 Å². The summed E-state index contributed by atoms with van der Waals surface area (Å²) < 4.78 is 0. The molecule has 0 bridgehead atoms. The predicted molar refractivity (Wildman–Crippen MR) is 70.8 cm³/mol. The van der Waals surface area contributed by atoms with Crippen molar-refractivity contribution < 1.29 is 0 Å². The second kappa shape index (κ2) is 5.66. The number of benzene rings is 1. The van der Waals surface area contributed by atoms with Gasteiger partial charge in [0.15, 0.2) is 0 Å². The van der Waals surface area contributed by atoms with E-state index >= 15 is 0 Å². The van der Waals surface area contributed by atoms with E-state index in [2.05, 4.69) is 11.7 Å². The number of aliphatic imine (C=N–C) groups is 1. The molecule has 0 aliphatic heterocycles. The average molecular weight is 213 g/mol. The zero-order chi connectivity index (χ0) is 12.0. The molecule has 0 heterocycles. The Bertz CT molecular complexity index is 539. The second-order valence-electron chi connectivity index (χ2n) is 3.21. The van der Waals surface area contributed by atoms with Gasteiger partial charge in [-0.15, -0.1) is 0 Å². The van der Waals surface area contributed by atoms with Gasteiger partial charge in [0.05, 0.1) is 0 Å². The maximum Gasteiger partial charge on any atom is 0.0338 e. The van der Waals surface area contributed by atoms with Crippen LogP contribution in [0, 0.1) is 5.41 Å². The lowest BCUT2D eigenvalue weighted by Crippen LogP contribution is -2.24. The lowest BCUT2D eigenvalue weighted by atomic mass is 10.1. The summed E-state index contributed by atoms with van der Waals surface area (Å²) in [6.07, 6.45) is 6.36. The van der Waals surface area contributed by atoms with Crippen molar-refractivity contribution in [1.82, 2.24) is 0 Å². The highest BCUT2D eigenvalue weighted by Crippen LogP contribution is 2.06. The minimum Gasteiger partial charge on any atom is -0.404 e. The van der Waals surface area contributed by atoms with E-state index in [1.165, 1.54) is 12.4 Å². The van der Waals surface area contributed by atoms with Gasteiger partial charge in [-0.1, -0.05) is 18.2 Å². The summed E-state index contributed by atoms with van der Waals surface area (Å²) in [5, 5.41) is 9.29. The Morgan fingerprint density at radius 3 is 2.69 bits per heavy atom. The fraction of sp³-hybridized carbons (Fsp3) is 0.0769. The number of nitrogens with one attached hydrogen (secondary N) is 1. The van der Waals surface area contributed by atoms with Crippen LogP contribution in [0.3, 0.4) is 0 Å². The minimum atomic E-state index is 0.696. The van der Waals surface area contributed by atoms with Crippen LogP contribution in [0.5, 0.6) is 0 Å². The number of allylic oxidation sites excluding steroid dienone is 1. The van der Waals surface area contributed by atoms with Gasteiger partial charge in [0.25, 0.3) is 0 Å². The van der Waals surface area contributed by atoms with E-state index in [1.807, 2.05) is 31.2 Å². The van der Waals surface area contributed by atoms with Crippen LogP contribution < -0.4 is 16.2 Å². The van der Waals surface area contributed by atoms with E-state index < -0.39 is 0 Å². The highest BCUT2D eigenvalue weighted by atomic mass is 14.6. The largest absolute Gasteiger partial charge is 0.404 e. The highest BCUT2D eigenvalue weighted by Gasteiger charge is 1.97. The van der Waals surface area contributed by atoms with E-state index in [0.29, 0.717) is 5.57 Å². The SMILES string of the molecule is C=N/C=c1/ccc(/C(C=N)=C/N)c/c1=C/C. The van der Waals surface area contributed by atoms with Crippen LogP contribution >= 0.6 is 0 Å².